The molecule has 0 saturated heterocycles. The zero-order valence-corrected chi connectivity index (χ0v) is 14.5. The number of aromatic nitrogens is 1. The van der Waals surface area contributed by atoms with Crippen LogP contribution in [0.5, 0.6) is 0 Å². The van der Waals surface area contributed by atoms with E-state index in [9.17, 15) is 9.90 Å². The fraction of sp³-hybridized carbons (Fsp3) is 0.444. The molecule has 1 unspecified atom stereocenters. The van der Waals surface area contributed by atoms with Gasteiger partial charge in [0.15, 0.2) is 11.5 Å². The Morgan fingerprint density at radius 1 is 1.29 bits per heavy atom. The summed E-state index contributed by atoms with van der Waals surface area (Å²) in [6.07, 6.45) is 0.378. The molecule has 1 aromatic carbocycles. The van der Waals surface area contributed by atoms with Crippen molar-refractivity contribution in [2.75, 3.05) is 27.2 Å². The van der Waals surface area contributed by atoms with Crippen molar-refractivity contribution >= 4 is 5.91 Å². The van der Waals surface area contributed by atoms with Crippen LogP contribution in [0.3, 0.4) is 0 Å². The Morgan fingerprint density at radius 2 is 2.00 bits per heavy atom. The van der Waals surface area contributed by atoms with E-state index < -0.39 is 6.10 Å². The molecule has 0 aliphatic carbocycles. The molecule has 1 atom stereocenters. The van der Waals surface area contributed by atoms with Crippen molar-refractivity contribution in [3.8, 4) is 0 Å². The van der Waals surface area contributed by atoms with Gasteiger partial charge in [0, 0.05) is 26.2 Å². The van der Waals surface area contributed by atoms with Crippen LogP contribution in [-0.2, 0) is 13.0 Å². The summed E-state index contributed by atoms with van der Waals surface area (Å²) in [5.74, 6) is 0.400. The van der Waals surface area contributed by atoms with Gasteiger partial charge in [-0.15, -0.1) is 0 Å². The highest BCUT2D eigenvalue weighted by atomic mass is 16.5. The third kappa shape index (κ3) is 5.47. The predicted molar refractivity (Wildman–Crippen MR) is 91.6 cm³/mol. The maximum absolute atomic E-state index is 12.2. The van der Waals surface area contributed by atoms with E-state index in [1.807, 2.05) is 25.2 Å². The number of amides is 1. The number of hydrogen-bond donors (Lipinski definition) is 1. The van der Waals surface area contributed by atoms with Gasteiger partial charge in [0.2, 0.25) is 0 Å². The van der Waals surface area contributed by atoms with Gasteiger partial charge in [-0.1, -0.05) is 35.5 Å². The molecule has 0 aliphatic rings. The summed E-state index contributed by atoms with van der Waals surface area (Å²) in [7, 11) is 3.64. The van der Waals surface area contributed by atoms with Crippen LogP contribution in [0.25, 0.3) is 0 Å². The first-order chi connectivity index (χ1) is 11.5. The monoisotopic (exact) mass is 331 g/mol. The molecular weight excluding hydrogens is 306 g/mol. The number of benzene rings is 1. The maximum atomic E-state index is 12.2. The third-order valence-electron chi connectivity index (χ3n) is 3.71. The summed E-state index contributed by atoms with van der Waals surface area (Å²) in [5.41, 5.74) is 1.56. The Balaban J connectivity index is 1.85. The number of hydrogen-bond acceptors (Lipinski definition) is 5. The van der Waals surface area contributed by atoms with E-state index in [2.05, 4.69) is 22.2 Å². The van der Waals surface area contributed by atoms with Crippen molar-refractivity contribution in [3.63, 3.8) is 0 Å². The van der Waals surface area contributed by atoms with Gasteiger partial charge in [0.1, 0.15) is 0 Å². The van der Waals surface area contributed by atoms with Gasteiger partial charge < -0.3 is 14.5 Å². The quantitative estimate of drug-likeness (QED) is 0.799. The smallest absolute Gasteiger partial charge is 0.275 e. The van der Waals surface area contributed by atoms with Crippen LogP contribution >= 0.6 is 0 Å². The lowest BCUT2D eigenvalue weighted by molar-refractivity contribution is 0.0693. The number of likely N-dealkylation sites (N-methyl/N-ethyl adjacent to an activating group) is 2. The molecule has 0 fully saturated rings. The second-order valence-electron chi connectivity index (χ2n) is 6.19. The Morgan fingerprint density at radius 3 is 2.67 bits per heavy atom. The van der Waals surface area contributed by atoms with Crippen LogP contribution in [0.4, 0.5) is 0 Å². The van der Waals surface area contributed by atoms with E-state index in [1.165, 1.54) is 10.5 Å². The van der Waals surface area contributed by atoms with Gasteiger partial charge in [-0.05, 0) is 26.0 Å². The van der Waals surface area contributed by atoms with Gasteiger partial charge in [-0.25, -0.2) is 0 Å². The molecule has 1 N–H and O–H groups in total. The van der Waals surface area contributed by atoms with Crippen LogP contribution in [0.2, 0.25) is 0 Å². The minimum atomic E-state index is -0.575. The number of aliphatic hydroxyl groups excluding tert-OH is 1. The van der Waals surface area contributed by atoms with Crippen LogP contribution < -0.4 is 0 Å². The molecule has 2 rings (SSSR count). The van der Waals surface area contributed by atoms with E-state index in [0.29, 0.717) is 12.3 Å². The lowest BCUT2D eigenvalue weighted by Gasteiger charge is -2.16. The average Bonchev–Trinajstić information content (AvgIpc) is 3.01. The van der Waals surface area contributed by atoms with Gasteiger partial charge >= 0.3 is 0 Å². The molecule has 1 amide bonds. The largest absolute Gasteiger partial charge is 0.392 e. The van der Waals surface area contributed by atoms with Crippen molar-refractivity contribution in [2.24, 2.45) is 0 Å². The van der Waals surface area contributed by atoms with Gasteiger partial charge in [-0.2, -0.15) is 0 Å². The first-order valence-electron chi connectivity index (χ1n) is 8.07. The molecule has 2 aromatic rings. The molecule has 0 radical (unpaired) electrons. The average molecular weight is 331 g/mol. The molecule has 0 saturated carbocycles. The zero-order chi connectivity index (χ0) is 17.5. The van der Waals surface area contributed by atoms with Crippen molar-refractivity contribution < 1.29 is 14.4 Å². The summed E-state index contributed by atoms with van der Waals surface area (Å²) in [4.78, 5) is 15.7. The Hall–Kier alpha value is -2.18. The summed E-state index contributed by atoms with van der Waals surface area (Å²) >= 11 is 0. The summed E-state index contributed by atoms with van der Waals surface area (Å²) in [5, 5.41) is 13.2. The molecule has 1 aromatic heterocycles. The topological polar surface area (TPSA) is 69.8 Å². The molecule has 0 aliphatic heterocycles. The summed E-state index contributed by atoms with van der Waals surface area (Å²) in [6, 6.07) is 12.0. The Kier molecular flexibility index (Phi) is 6.52. The first-order valence-corrected chi connectivity index (χ1v) is 8.07. The van der Waals surface area contributed by atoms with Crippen molar-refractivity contribution in [2.45, 2.75) is 26.0 Å². The number of carbonyl (C=O) groups excluding carboxylic acids is 1. The lowest BCUT2D eigenvalue weighted by Crippen LogP contribution is -2.33. The second kappa shape index (κ2) is 8.61. The van der Waals surface area contributed by atoms with E-state index in [0.717, 1.165) is 13.0 Å². The summed E-state index contributed by atoms with van der Waals surface area (Å²) in [6.45, 7) is 3.38. The second-order valence-corrected chi connectivity index (χ2v) is 6.19. The molecule has 6 heteroatoms. The Labute approximate surface area is 142 Å². The van der Waals surface area contributed by atoms with Gasteiger partial charge in [0.05, 0.1) is 12.6 Å². The highest BCUT2D eigenvalue weighted by Crippen LogP contribution is 2.10. The van der Waals surface area contributed by atoms with Gasteiger partial charge in [0.25, 0.3) is 5.91 Å². The first kappa shape index (κ1) is 18.2. The van der Waals surface area contributed by atoms with Crippen molar-refractivity contribution in [1.82, 2.24) is 15.0 Å². The molecule has 6 nitrogen and oxygen atoms in total. The van der Waals surface area contributed by atoms with Crippen LogP contribution in [0.15, 0.2) is 40.9 Å². The minimum absolute atomic E-state index is 0.252. The van der Waals surface area contributed by atoms with E-state index in [4.69, 9.17) is 4.52 Å². The van der Waals surface area contributed by atoms with E-state index in [1.54, 1.807) is 20.0 Å². The highest BCUT2D eigenvalue weighted by molar-refractivity contribution is 5.92. The molecule has 130 valence electrons. The molecule has 0 spiro atoms. The third-order valence-corrected chi connectivity index (χ3v) is 3.71. The SMILES string of the molecule is CC(O)CN(C)C(=O)c1cc(CN(C)CCc2ccccc2)on1. The fourth-order valence-corrected chi connectivity index (χ4v) is 2.47. The Bertz CT molecular complexity index is 640. The van der Waals surface area contributed by atoms with Crippen LogP contribution in [-0.4, -0.2) is 59.3 Å². The number of aliphatic hydroxyl groups is 1. The van der Waals surface area contributed by atoms with E-state index in [-0.39, 0.29) is 18.1 Å². The summed E-state index contributed by atoms with van der Waals surface area (Å²) < 4.78 is 5.26. The van der Waals surface area contributed by atoms with Crippen LogP contribution in [0, 0.1) is 0 Å². The van der Waals surface area contributed by atoms with Crippen LogP contribution in [0.1, 0.15) is 28.7 Å². The maximum Gasteiger partial charge on any atom is 0.275 e. The number of rotatable bonds is 8. The lowest BCUT2D eigenvalue weighted by atomic mass is 10.1. The number of carbonyl (C=O) groups is 1. The highest BCUT2D eigenvalue weighted by Gasteiger charge is 2.18. The standard InChI is InChI=1S/C18H25N3O3/c1-14(22)12-21(3)18(23)17-11-16(24-19-17)13-20(2)10-9-15-7-5-4-6-8-15/h4-8,11,14,22H,9-10,12-13H2,1-3H3. The van der Waals surface area contributed by atoms with E-state index >= 15 is 0 Å². The normalized spacial score (nSPS) is 12.4. The molecule has 0 bridgehead atoms. The van der Waals surface area contributed by atoms with Crippen molar-refractivity contribution in [1.29, 1.82) is 0 Å². The molecule has 1 heterocycles. The molecular formula is C18H25N3O3. The zero-order valence-electron chi connectivity index (χ0n) is 14.5. The number of nitrogens with zero attached hydrogens (tertiary/aromatic N) is 3. The minimum Gasteiger partial charge on any atom is -0.392 e. The fourth-order valence-electron chi connectivity index (χ4n) is 2.47. The molecule has 24 heavy (non-hydrogen) atoms. The van der Waals surface area contributed by atoms with Gasteiger partial charge in [-0.3, -0.25) is 9.69 Å². The van der Waals surface area contributed by atoms with Crippen molar-refractivity contribution in [3.05, 3.63) is 53.4 Å². The predicted octanol–water partition coefficient (Wildman–Crippen LogP) is 1.80.